The van der Waals surface area contributed by atoms with E-state index in [1.165, 1.54) is 23.0 Å². The standard InChI is InChI=1S/C28H27ClN2O3S/c1-4-18(2)21-9-12-23-26(16-21)35-28(30-23)31-27(32)14-8-19-7-13-24(25(15-19)33-3)34-17-20-5-10-22(29)11-6-20/h5-16,18H,4,17H2,1-3H3,(H,30,31,32)/b14-8+. The molecular weight excluding hydrogens is 480 g/mol. The van der Waals surface area contributed by atoms with Crippen LogP contribution >= 0.6 is 22.9 Å². The van der Waals surface area contributed by atoms with Gasteiger partial charge < -0.3 is 9.47 Å². The van der Waals surface area contributed by atoms with Crippen molar-refractivity contribution < 1.29 is 14.3 Å². The maximum absolute atomic E-state index is 12.5. The molecule has 1 amide bonds. The molecule has 4 rings (SSSR count). The molecule has 1 N–H and O–H groups in total. The number of benzene rings is 3. The Kier molecular flexibility index (Phi) is 8.06. The fourth-order valence-electron chi connectivity index (χ4n) is 3.50. The predicted molar refractivity (Wildman–Crippen MR) is 145 cm³/mol. The van der Waals surface area contributed by atoms with Crippen LogP contribution in [0, 0.1) is 0 Å². The van der Waals surface area contributed by atoms with Crippen molar-refractivity contribution in [1.29, 1.82) is 0 Å². The molecule has 1 atom stereocenters. The number of halogens is 1. The van der Waals surface area contributed by atoms with Gasteiger partial charge in [0.2, 0.25) is 5.91 Å². The van der Waals surface area contributed by atoms with Gasteiger partial charge in [-0.15, -0.1) is 0 Å². The van der Waals surface area contributed by atoms with Crippen molar-refractivity contribution >= 4 is 50.3 Å². The van der Waals surface area contributed by atoms with Gasteiger partial charge in [0.05, 0.1) is 17.3 Å². The average molecular weight is 507 g/mol. The summed E-state index contributed by atoms with van der Waals surface area (Å²) in [6, 6.07) is 19.3. The van der Waals surface area contributed by atoms with Gasteiger partial charge in [0, 0.05) is 11.1 Å². The van der Waals surface area contributed by atoms with Gasteiger partial charge in [-0.1, -0.05) is 61.1 Å². The smallest absolute Gasteiger partial charge is 0.250 e. The van der Waals surface area contributed by atoms with Crippen molar-refractivity contribution in [2.45, 2.75) is 32.8 Å². The Morgan fingerprint density at radius 2 is 1.91 bits per heavy atom. The fourth-order valence-corrected chi connectivity index (χ4v) is 4.55. The van der Waals surface area contributed by atoms with Crippen LogP contribution in [-0.4, -0.2) is 18.0 Å². The first kappa shape index (κ1) is 24.8. The number of carbonyl (C=O) groups excluding carboxylic acids is 1. The molecule has 0 aliphatic heterocycles. The number of amides is 1. The highest BCUT2D eigenvalue weighted by atomic mass is 35.5. The Bertz CT molecular complexity index is 1350. The molecular formula is C28H27ClN2O3S. The van der Waals surface area contributed by atoms with E-state index in [4.69, 9.17) is 21.1 Å². The first-order chi connectivity index (χ1) is 16.9. The van der Waals surface area contributed by atoms with Gasteiger partial charge in [-0.2, -0.15) is 0 Å². The quantitative estimate of drug-likeness (QED) is 0.236. The lowest BCUT2D eigenvalue weighted by Crippen LogP contribution is -2.07. The van der Waals surface area contributed by atoms with Crippen LogP contribution in [-0.2, 0) is 11.4 Å². The zero-order valence-electron chi connectivity index (χ0n) is 19.9. The fraction of sp³-hybridized carbons (Fsp3) is 0.214. The molecule has 7 heteroatoms. The summed E-state index contributed by atoms with van der Waals surface area (Å²) in [7, 11) is 1.59. The number of anilines is 1. The summed E-state index contributed by atoms with van der Waals surface area (Å²) in [5.74, 6) is 1.46. The van der Waals surface area contributed by atoms with Crippen LogP contribution in [0.25, 0.3) is 16.3 Å². The average Bonchev–Trinajstić information content (AvgIpc) is 3.28. The van der Waals surface area contributed by atoms with E-state index in [2.05, 4.69) is 36.3 Å². The number of nitrogens with zero attached hydrogens (tertiary/aromatic N) is 1. The summed E-state index contributed by atoms with van der Waals surface area (Å²) >= 11 is 7.41. The molecule has 5 nitrogen and oxygen atoms in total. The Labute approximate surface area is 214 Å². The van der Waals surface area contributed by atoms with Gasteiger partial charge in [0.15, 0.2) is 16.6 Å². The van der Waals surface area contributed by atoms with E-state index in [9.17, 15) is 4.79 Å². The van der Waals surface area contributed by atoms with Crippen LogP contribution in [0.4, 0.5) is 5.13 Å². The Morgan fingerprint density at radius 3 is 2.66 bits per heavy atom. The Morgan fingerprint density at radius 1 is 1.11 bits per heavy atom. The molecule has 0 fully saturated rings. The van der Waals surface area contributed by atoms with Crippen LogP contribution in [0.5, 0.6) is 11.5 Å². The van der Waals surface area contributed by atoms with E-state index >= 15 is 0 Å². The number of aromatic nitrogens is 1. The Balaban J connectivity index is 1.39. The molecule has 0 saturated heterocycles. The number of hydrogen-bond acceptors (Lipinski definition) is 5. The van der Waals surface area contributed by atoms with Crippen LogP contribution in [0.15, 0.2) is 66.7 Å². The lowest BCUT2D eigenvalue weighted by Gasteiger charge is -2.11. The summed E-state index contributed by atoms with van der Waals surface area (Å²) in [6.45, 7) is 4.78. The number of rotatable bonds is 9. The number of carbonyl (C=O) groups is 1. The normalized spacial score (nSPS) is 12.1. The second-order valence-corrected chi connectivity index (χ2v) is 9.67. The number of thiazole rings is 1. The van der Waals surface area contributed by atoms with Gasteiger partial charge in [-0.3, -0.25) is 10.1 Å². The summed E-state index contributed by atoms with van der Waals surface area (Å²) in [4.78, 5) is 17.0. The molecule has 1 aromatic heterocycles. The first-order valence-corrected chi connectivity index (χ1v) is 12.6. The molecule has 0 radical (unpaired) electrons. The maximum atomic E-state index is 12.5. The number of hydrogen-bond donors (Lipinski definition) is 1. The summed E-state index contributed by atoms with van der Waals surface area (Å²) in [5.41, 5.74) is 4.00. The van der Waals surface area contributed by atoms with Crippen molar-refractivity contribution in [3.63, 3.8) is 0 Å². The SMILES string of the molecule is CCC(C)c1ccc2nc(NC(=O)/C=C/c3ccc(OCc4ccc(Cl)cc4)c(OC)c3)sc2c1. The van der Waals surface area contributed by atoms with Crippen LogP contribution < -0.4 is 14.8 Å². The van der Waals surface area contributed by atoms with E-state index in [1.54, 1.807) is 13.2 Å². The maximum Gasteiger partial charge on any atom is 0.250 e. The Hall–Kier alpha value is -3.35. The predicted octanol–water partition coefficient (Wildman–Crippen LogP) is 7.70. The molecule has 180 valence electrons. The van der Waals surface area contributed by atoms with Crippen molar-refractivity contribution in [3.8, 4) is 11.5 Å². The van der Waals surface area contributed by atoms with Crippen LogP contribution in [0.3, 0.4) is 0 Å². The first-order valence-electron chi connectivity index (χ1n) is 11.4. The van der Waals surface area contributed by atoms with E-state index in [0.29, 0.717) is 34.2 Å². The monoisotopic (exact) mass is 506 g/mol. The van der Waals surface area contributed by atoms with E-state index in [1.807, 2.05) is 48.5 Å². The van der Waals surface area contributed by atoms with Gasteiger partial charge >= 0.3 is 0 Å². The molecule has 0 saturated carbocycles. The summed E-state index contributed by atoms with van der Waals surface area (Å²) in [6.07, 6.45) is 4.30. The highest BCUT2D eigenvalue weighted by Crippen LogP contribution is 2.31. The van der Waals surface area contributed by atoms with Crippen LogP contribution in [0.1, 0.15) is 42.9 Å². The minimum absolute atomic E-state index is 0.242. The van der Waals surface area contributed by atoms with Crippen molar-refractivity contribution in [3.05, 3.63) is 88.5 Å². The zero-order chi connectivity index (χ0) is 24.8. The van der Waals surface area contributed by atoms with Gasteiger partial charge in [-0.25, -0.2) is 4.98 Å². The van der Waals surface area contributed by atoms with E-state index in [0.717, 1.165) is 27.8 Å². The van der Waals surface area contributed by atoms with E-state index in [-0.39, 0.29) is 5.91 Å². The van der Waals surface area contributed by atoms with Crippen molar-refractivity contribution in [2.24, 2.45) is 0 Å². The van der Waals surface area contributed by atoms with Crippen molar-refractivity contribution in [1.82, 2.24) is 4.98 Å². The zero-order valence-corrected chi connectivity index (χ0v) is 21.5. The molecule has 4 aromatic rings. The second-order valence-electron chi connectivity index (χ2n) is 8.20. The lowest BCUT2D eigenvalue weighted by atomic mass is 9.99. The van der Waals surface area contributed by atoms with Gasteiger partial charge in [0.1, 0.15) is 6.61 Å². The highest BCUT2D eigenvalue weighted by Gasteiger charge is 2.10. The van der Waals surface area contributed by atoms with Crippen LogP contribution in [0.2, 0.25) is 5.02 Å². The number of fused-ring (bicyclic) bond motifs is 1. The molecule has 1 unspecified atom stereocenters. The minimum atomic E-state index is -0.242. The minimum Gasteiger partial charge on any atom is -0.493 e. The largest absolute Gasteiger partial charge is 0.493 e. The number of nitrogens with one attached hydrogen (secondary N) is 1. The third-order valence-electron chi connectivity index (χ3n) is 5.75. The van der Waals surface area contributed by atoms with E-state index < -0.39 is 0 Å². The molecule has 0 spiro atoms. The molecule has 1 heterocycles. The lowest BCUT2D eigenvalue weighted by molar-refractivity contribution is -0.111. The molecule has 0 aliphatic carbocycles. The topological polar surface area (TPSA) is 60.5 Å². The molecule has 35 heavy (non-hydrogen) atoms. The number of ether oxygens (including phenoxy) is 2. The van der Waals surface area contributed by atoms with Crippen molar-refractivity contribution in [2.75, 3.05) is 12.4 Å². The molecule has 0 bridgehead atoms. The molecule has 3 aromatic carbocycles. The molecule has 0 aliphatic rings. The highest BCUT2D eigenvalue weighted by molar-refractivity contribution is 7.22. The summed E-state index contributed by atoms with van der Waals surface area (Å²) in [5, 5.41) is 4.13. The second kappa shape index (κ2) is 11.4. The van der Waals surface area contributed by atoms with Gasteiger partial charge in [0.25, 0.3) is 0 Å². The number of methoxy groups -OCH3 is 1. The summed E-state index contributed by atoms with van der Waals surface area (Å²) < 4.78 is 12.4. The third-order valence-corrected chi connectivity index (χ3v) is 6.93. The third kappa shape index (κ3) is 6.41. The van der Waals surface area contributed by atoms with Gasteiger partial charge in [-0.05, 0) is 71.5 Å².